The van der Waals surface area contributed by atoms with Crippen LogP contribution in [0.25, 0.3) is 11.1 Å². The van der Waals surface area contributed by atoms with E-state index in [4.69, 9.17) is 9.84 Å². The van der Waals surface area contributed by atoms with E-state index >= 15 is 0 Å². The highest BCUT2D eigenvalue weighted by Gasteiger charge is 2.29. The predicted octanol–water partition coefficient (Wildman–Crippen LogP) is 4.39. The van der Waals surface area contributed by atoms with Crippen LogP contribution in [0.2, 0.25) is 0 Å². The fourth-order valence-electron chi connectivity index (χ4n) is 3.87. The summed E-state index contributed by atoms with van der Waals surface area (Å²) in [4.78, 5) is 35.6. The molecule has 0 aromatic heterocycles. The van der Waals surface area contributed by atoms with Crippen LogP contribution in [0.15, 0.2) is 66.7 Å². The van der Waals surface area contributed by atoms with E-state index in [-0.39, 0.29) is 23.8 Å². The van der Waals surface area contributed by atoms with Gasteiger partial charge in [0.05, 0.1) is 11.3 Å². The van der Waals surface area contributed by atoms with Gasteiger partial charge in [-0.05, 0) is 47.4 Å². The van der Waals surface area contributed by atoms with Crippen LogP contribution in [0.5, 0.6) is 0 Å². The van der Waals surface area contributed by atoms with Gasteiger partial charge in [-0.3, -0.25) is 4.79 Å². The van der Waals surface area contributed by atoms with Gasteiger partial charge >= 0.3 is 12.1 Å². The van der Waals surface area contributed by atoms with Gasteiger partial charge in [-0.25, -0.2) is 14.0 Å². The first-order valence-corrected chi connectivity index (χ1v) is 10.3. The molecule has 1 aliphatic carbocycles. The molecule has 8 heteroatoms. The topological polar surface area (TPSA) is 105 Å². The zero-order valence-electron chi connectivity index (χ0n) is 17.7. The lowest BCUT2D eigenvalue weighted by Crippen LogP contribution is -2.42. The number of aromatic carboxylic acids is 1. The van der Waals surface area contributed by atoms with Crippen molar-refractivity contribution in [1.82, 2.24) is 5.32 Å². The number of carboxylic acids is 1. The van der Waals surface area contributed by atoms with Crippen LogP contribution in [0.1, 0.15) is 34.3 Å². The minimum Gasteiger partial charge on any atom is -0.478 e. The summed E-state index contributed by atoms with van der Waals surface area (Å²) in [5.41, 5.74) is 3.91. The van der Waals surface area contributed by atoms with Crippen LogP contribution in [0.4, 0.5) is 14.9 Å². The molecule has 3 aromatic rings. The Hall–Kier alpha value is -4.20. The van der Waals surface area contributed by atoms with Crippen molar-refractivity contribution in [3.05, 3.63) is 89.2 Å². The lowest BCUT2D eigenvalue weighted by atomic mass is 9.98. The van der Waals surface area contributed by atoms with Gasteiger partial charge in [-0.2, -0.15) is 0 Å². The molecule has 1 atom stereocenters. The maximum absolute atomic E-state index is 14.0. The maximum Gasteiger partial charge on any atom is 0.407 e. The molecule has 168 valence electrons. The van der Waals surface area contributed by atoms with Gasteiger partial charge in [0, 0.05) is 5.92 Å². The van der Waals surface area contributed by atoms with Crippen LogP contribution in [0, 0.1) is 5.82 Å². The number of hydrogen-bond donors (Lipinski definition) is 3. The van der Waals surface area contributed by atoms with Crippen LogP contribution < -0.4 is 10.6 Å². The third-order valence-electron chi connectivity index (χ3n) is 5.55. The molecule has 3 aromatic carbocycles. The largest absolute Gasteiger partial charge is 0.478 e. The fourth-order valence-corrected chi connectivity index (χ4v) is 3.87. The van der Waals surface area contributed by atoms with Crippen molar-refractivity contribution < 1.29 is 28.6 Å². The zero-order chi connectivity index (χ0) is 23.5. The normalized spacial score (nSPS) is 12.9. The maximum atomic E-state index is 14.0. The second kappa shape index (κ2) is 9.12. The molecule has 0 fully saturated rings. The van der Waals surface area contributed by atoms with E-state index in [1.165, 1.54) is 13.0 Å². The molecule has 1 unspecified atom stereocenters. The monoisotopic (exact) mass is 448 g/mol. The minimum absolute atomic E-state index is 0.0967. The second-order valence-electron chi connectivity index (χ2n) is 7.68. The van der Waals surface area contributed by atoms with Crippen molar-refractivity contribution in [2.75, 3.05) is 11.9 Å². The van der Waals surface area contributed by atoms with Crippen LogP contribution in [0.3, 0.4) is 0 Å². The summed E-state index contributed by atoms with van der Waals surface area (Å²) < 4.78 is 19.4. The molecular weight excluding hydrogens is 427 g/mol. The molecule has 0 radical (unpaired) electrons. The number of carboxylic acid groups (broad SMARTS) is 1. The Morgan fingerprint density at radius 1 is 1.00 bits per heavy atom. The standard InChI is InChI=1S/C25H21FN2O5/c1-14(23(29)28-22-11-10-15(24(30)31)12-21(22)26)27-25(32)33-13-20-18-8-4-2-6-16(18)17-7-3-5-9-19(17)20/h2-12,14,20H,13H2,1H3,(H,27,32)(H,28,29)(H,30,31). The number of fused-ring (bicyclic) bond motifs is 3. The van der Waals surface area contributed by atoms with E-state index in [1.807, 2.05) is 48.5 Å². The molecule has 3 N–H and O–H groups in total. The first-order chi connectivity index (χ1) is 15.8. The van der Waals surface area contributed by atoms with Crippen molar-refractivity contribution in [2.24, 2.45) is 0 Å². The van der Waals surface area contributed by atoms with E-state index in [1.54, 1.807) is 0 Å². The van der Waals surface area contributed by atoms with Crippen LogP contribution in [-0.4, -0.2) is 35.7 Å². The average molecular weight is 448 g/mol. The van der Waals surface area contributed by atoms with Crippen molar-refractivity contribution in [1.29, 1.82) is 0 Å². The van der Waals surface area contributed by atoms with E-state index < -0.39 is 29.8 Å². The van der Waals surface area contributed by atoms with Gasteiger partial charge in [-0.1, -0.05) is 48.5 Å². The second-order valence-corrected chi connectivity index (χ2v) is 7.68. The Morgan fingerprint density at radius 3 is 2.18 bits per heavy atom. The number of carbonyl (C=O) groups is 3. The summed E-state index contributed by atoms with van der Waals surface area (Å²) in [7, 11) is 0. The molecule has 0 heterocycles. The Morgan fingerprint density at radius 2 is 1.61 bits per heavy atom. The molecule has 2 amide bonds. The summed E-state index contributed by atoms with van der Waals surface area (Å²) in [5.74, 6) is -2.96. The van der Waals surface area contributed by atoms with Crippen molar-refractivity contribution >= 4 is 23.7 Å². The first kappa shape index (κ1) is 22.0. The highest BCUT2D eigenvalue weighted by Crippen LogP contribution is 2.44. The third kappa shape index (κ3) is 4.55. The van der Waals surface area contributed by atoms with Gasteiger partial charge in [0.25, 0.3) is 0 Å². The number of alkyl carbamates (subject to hydrolysis) is 1. The summed E-state index contributed by atoms with van der Waals surface area (Å²) in [6.07, 6.45) is -0.777. The minimum atomic E-state index is -1.28. The van der Waals surface area contributed by atoms with E-state index in [9.17, 15) is 18.8 Å². The molecule has 0 saturated carbocycles. The molecule has 0 spiro atoms. The van der Waals surface area contributed by atoms with Gasteiger partial charge < -0.3 is 20.5 Å². The smallest absolute Gasteiger partial charge is 0.407 e. The Labute approximate surface area is 189 Å². The highest BCUT2D eigenvalue weighted by molar-refractivity contribution is 5.97. The fraction of sp³-hybridized carbons (Fsp3) is 0.160. The van der Waals surface area contributed by atoms with Crippen molar-refractivity contribution in [3.63, 3.8) is 0 Å². The Kier molecular flexibility index (Phi) is 6.08. The third-order valence-corrected chi connectivity index (χ3v) is 5.55. The number of anilines is 1. The van der Waals surface area contributed by atoms with Gasteiger partial charge in [-0.15, -0.1) is 0 Å². The lowest BCUT2D eigenvalue weighted by molar-refractivity contribution is -0.117. The molecule has 0 aliphatic heterocycles. The summed E-state index contributed by atoms with van der Waals surface area (Å²) in [5, 5.41) is 13.7. The SMILES string of the molecule is CC(NC(=O)OCC1c2ccccc2-c2ccccc21)C(=O)Nc1ccc(C(=O)O)cc1F. The number of nitrogens with one attached hydrogen (secondary N) is 2. The molecule has 7 nitrogen and oxygen atoms in total. The predicted molar refractivity (Wildman–Crippen MR) is 120 cm³/mol. The lowest BCUT2D eigenvalue weighted by Gasteiger charge is -2.17. The molecular formula is C25H21FN2O5. The van der Waals surface area contributed by atoms with Crippen LogP contribution >= 0.6 is 0 Å². The number of carbonyl (C=O) groups excluding carboxylic acids is 2. The zero-order valence-corrected chi connectivity index (χ0v) is 17.7. The number of amides is 2. The molecule has 0 saturated heterocycles. The Bertz CT molecular complexity index is 1200. The molecule has 1 aliphatic rings. The summed E-state index contributed by atoms with van der Waals surface area (Å²) >= 11 is 0. The van der Waals surface area contributed by atoms with Crippen LogP contribution in [-0.2, 0) is 9.53 Å². The van der Waals surface area contributed by atoms with Gasteiger partial charge in [0.1, 0.15) is 18.5 Å². The number of hydrogen-bond acceptors (Lipinski definition) is 4. The van der Waals surface area contributed by atoms with Crippen molar-refractivity contribution in [2.45, 2.75) is 18.9 Å². The van der Waals surface area contributed by atoms with E-state index in [0.29, 0.717) is 0 Å². The number of benzene rings is 3. The van der Waals surface area contributed by atoms with E-state index in [2.05, 4.69) is 10.6 Å². The van der Waals surface area contributed by atoms with Gasteiger partial charge in [0.15, 0.2) is 0 Å². The average Bonchev–Trinajstić information content (AvgIpc) is 3.12. The molecule has 4 rings (SSSR count). The molecule has 0 bridgehead atoms. The first-order valence-electron chi connectivity index (χ1n) is 10.3. The van der Waals surface area contributed by atoms with Gasteiger partial charge in [0.2, 0.25) is 5.91 Å². The van der Waals surface area contributed by atoms with Crippen molar-refractivity contribution in [3.8, 4) is 11.1 Å². The summed E-state index contributed by atoms with van der Waals surface area (Å²) in [6, 6.07) is 18.0. The quantitative estimate of drug-likeness (QED) is 0.519. The number of halogens is 1. The number of rotatable bonds is 6. The summed E-state index contributed by atoms with van der Waals surface area (Å²) in [6.45, 7) is 1.53. The van der Waals surface area contributed by atoms with E-state index in [0.717, 1.165) is 34.4 Å². The molecule has 33 heavy (non-hydrogen) atoms. The Balaban J connectivity index is 1.36. The number of ether oxygens (including phenoxy) is 1. The highest BCUT2D eigenvalue weighted by atomic mass is 19.1.